The topological polar surface area (TPSA) is 21.3 Å². The molecule has 0 aliphatic heterocycles. The Bertz CT molecular complexity index is 346. The molecular weight excluding hydrogens is 254 g/mol. The van der Waals surface area contributed by atoms with Crippen molar-refractivity contribution in [3.8, 4) is 5.75 Å². The molecule has 17 heavy (non-hydrogen) atoms. The first-order chi connectivity index (χ1) is 8.19. The fraction of sp³-hybridized carbons (Fsp3) is 0.538. The molecule has 4 heteroatoms. The first-order valence-electron chi connectivity index (χ1n) is 5.77. The first-order valence-corrected chi connectivity index (χ1v) is 7.54. The van der Waals surface area contributed by atoms with Gasteiger partial charge in [-0.15, -0.1) is 0 Å². The highest BCUT2D eigenvalue weighted by Crippen LogP contribution is 2.27. The van der Waals surface area contributed by atoms with Crippen molar-refractivity contribution in [3.63, 3.8) is 0 Å². The molecule has 0 aliphatic rings. The molecule has 1 unspecified atom stereocenters. The Labute approximate surface area is 113 Å². The predicted octanol–water partition coefficient (Wildman–Crippen LogP) is 3.75. The summed E-state index contributed by atoms with van der Waals surface area (Å²) < 4.78 is 5.64. The van der Waals surface area contributed by atoms with Crippen LogP contribution in [0.25, 0.3) is 0 Å². The monoisotopic (exact) mass is 273 g/mol. The zero-order valence-corrected chi connectivity index (χ0v) is 12.2. The molecule has 1 aromatic carbocycles. The van der Waals surface area contributed by atoms with E-state index in [-0.39, 0.29) is 0 Å². The van der Waals surface area contributed by atoms with Crippen molar-refractivity contribution in [2.75, 3.05) is 25.7 Å². The Kier molecular flexibility index (Phi) is 6.78. The summed E-state index contributed by atoms with van der Waals surface area (Å²) in [5.41, 5.74) is 1.17. The molecule has 0 heterocycles. The van der Waals surface area contributed by atoms with E-state index in [0.717, 1.165) is 24.5 Å². The minimum atomic E-state index is 0.304. The van der Waals surface area contributed by atoms with E-state index in [9.17, 15) is 0 Å². The van der Waals surface area contributed by atoms with Gasteiger partial charge in [0.2, 0.25) is 0 Å². The van der Waals surface area contributed by atoms with Crippen LogP contribution in [0.5, 0.6) is 5.75 Å². The molecule has 0 saturated carbocycles. The summed E-state index contributed by atoms with van der Waals surface area (Å²) in [6, 6.07) is 6.27. The van der Waals surface area contributed by atoms with Crippen LogP contribution in [0, 0.1) is 0 Å². The van der Waals surface area contributed by atoms with Crippen LogP contribution in [0.4, 0.5) is 0 Å². The maximum absolute atomic E-state index is 6.19. The Morgan fingerprint density at radius 1 is 1.47 bits per heavy atom. The van der Waals surface area contributed by atoms with Crippen molar-refractivity contribution in [2.45, 2.75) is 19.4 Å². The zero-order valence-electron chi connectivity index (χ0n) is 10.6. The number of nitrogens with one attached hydrogen (secondary N) is 1. The molecular formula is C13H20ClNOS. The normalized spacial score (nSPS) is 12.5. The first kappa shape index (κ1) is 14.7. The maximum atomic E-state index is 6.19. The highest BCUT2D eigenvalue weighted by Gasteiger charge is 2.07. The number of hydrogen-bond donors (Lipinski definition) is 1. The van der Waals surface area contributed by atoms with Crippen LogP contribution in [-0.2, 0) is 0 Å². The van der Waals surface area contributed by atoms with E-state index in [1.165, 1.54) is 5.56 Å². The number of rotatable bonds is 7. The van der Waals surface area contributed by atoms with Gasteiger partial charge in [-0.05, 0) is 50.1 Å². The van der Waals surface area contributed by atoms with Crippen LogP contribution in [0.15, 0.2) is 18.2 Å². The molecule has 0 aliphatic carbocycles. The summed E-state index contributed by atoms with van der Waals surface area (Å²) in [5.74, 6) is 1.90. The molecule has 1 atom stereocenters. The quantitative estimate of drug-likeness (QED) is 0.765. The van der Waals surface area contributed by atoms with Gasteiger partial charge in [0.1, 0.15) is 5.75 Å². The van der Waals surface area contributed by atoms with Gasteiger partial charge >= 0.3 is 0 Å². The number of hydrogen-bond acceptors (Lipinski definition) is 3. The fourth-order valence-corrected chi connectivity index (χ4v) is 2.11. The Morgan fingerprint density at radius 3 is 2.82 bits per heavy atom. The molecule has 1 N–H and O–H groups in total. The minimum Gasteiger partial charge on any atom is -0.492 e. The Hall–Kier alpha value is -0.380. The number of thioether (sulfide) groups is 1. The summed E-state index contributed by atoms with van der Waals surface area (Å²) in [6.07, 6.45) is 3.15. The lowest BCUT2D eigenvalue weighted by molar-refractivity contribution is 0.319. The van der Waals surface area contributed by atoms with Gasteiger partial charge in [0.05, 0.1) is 11.6 Å². The molecule has 0 saturated heterocycles. The number of ether oxygens (including phenoxy) is 1. The Balaban J connectivity index is 2.57. The molecule has 1 rings (SSSR count). The third kappa shape index (κ3) is 4.78. The van der Waals surface area contributed by atoms with Crippen LogP contribution >= 0.6 is 23.4 Å². The SMILES string of the molecule is CNC(C)c1ccc(OCCCSC)c(Cl)c1. The van der Waals surface area contributed by atoms with Crippen LogP contribution in [0.2, 0.25) is 5.02 Å². The average molecular weight is 274 g/mol. The van der Waals surface area contributed by atoms with E-state index in [0.29, 0.717) is 11.1 Å². The molecule has 0 amide bonds. The predicted molar refractivity (Wildman–Crippen MR) is 77.4 cm³/mol. The van der Waals surface area contributed by atoms with Crippen LogP contribution in [0.3, 0.4) is 0 Å². The molecule has 0 spiro atoms. The van der Waals surface area contributed by atoms with Crippen molar-refractivity contribution >= 4 is 23.4 Å². The van der Waals surface area contributed by atoms with Crippen molar-refractivity contribution < 1.29 is 4.74 Å². The van der Waals surface area contributed by atoms with E-state index in [4.69, 9.17) is 16.3 Å². The van der Waals surface area contributed by atoms with Crippen LogP contribution in [0.1, 0.15) is 24.9 Å². The van der Waals surface area contributed by atoms with Crippen LogP contribution in [-0.4, -0.2) is 25.7 Å². The van der Waals surface area contributed by atoms with Crippen molar-refractivity contribution in [1.82, 2.24) is 5.32 Å². The molecule has 0 radical (unpaired) electrons. The number of halogens is 1. The maximum Gasteiger partial charge on any atom is 0.137 e. The van der Waals surface area contributed by atoms with Crippen molar-refractivity contribution in [3.05, 3.63) is 28.8 Å². The number of benzene rings is 1. The molecule has 2 nitrogen and oxygen atoms in total. The molecule has 96 valence electrons. The van der Waals surface area contributed by atoms with Crippen molar-refractivity contribution in [1.29, 1.82) is 0 Å². The summed E-state index contributed by atoms with van der Waals surface area (Å²) in [5, 5.41) is 3.87. The lowest BCUT2D eigenvalue weighted by atomic mass is 10.1. The van der Waals surface area contributed by atoms with E-state index in [1.54, 1.807) is 0 Å². The van der Waals surface area contributed by atoms with E-state index in [2.05, 4.69) is 24.6 Å². The largest absolute Gasteiger partial charge is 0.492 e. The lowest BCUT2D eigenvalue weighted by Gasteiger charge is -2.13. The van der Waals surface area contributed by atoms with Crippen molar-refractivity contribution in [2.24, 2.45) is 0 Å². The van der Waals surface area contributed by atoms with E-state index >= 15 is 0 Å². The minimum absolute atomic E-state index is 0.304. The third-order valence-corrected chi connectivity index (χ3v) is 3.63. The van der Waals surface area contributed by atoms with E-state index in [1.807, 2.05) is 30.9 Å². The van der Waals surface area contributed by atoms with Gasteiger partial charge in [-0.1, -0.05) is 17.7 Å². The summed E-state index contributed by atoms with van der Waals surface area (Å²) in [6.45, 7) is 2.83. The van der Waals surface area contributed by atoms with Crippen LogP contribution < -0.4 is 10.1 Å². The van der Waals surface area contributed by atoms with Gasteiger partial charge in [0, 0.05) is 6.04 Å². The molecule has 0 fully saturated rings. The van der Waals surface area contributed by atoms with Gasteiger partial charge in [0.15, 0.2) is 0 Å². The third-order valence-electron chi connectivity index (χ3n) is 2.64. The second kappa shape index (κ2) is 7.85. The highest BCUT2D eigenvalue weighted by atomic mass is 35.5. The van der Waals surface area contributed by atoms with E-state index < -0.39 is 0 Å². The smallest absolute Gasteiger partial charge is 0.137 e. The zero-order chi connectivity index (χ0) is 12.7. The fourth-order valence-electron chi connectivity index (χ4n) is 1.46. The highest BCUT2D eigenvalue weighted by molar-refractivity contribution is 7.98. The second-order valence-corrected chi connectivity index (χ2v) is 5.29. The van der Waals surface area contributed by atoms with Gasteiger partial charge in [-0.25, -0.2) is 0 Å². The standard InChI is InChI=1S/C13H20ClNOS/c1-10(15-2)11-5-6-13(12(14)9-11)16-7-4-8-17-3/h5-6,9-10,15H,4,7-8H2,1-3H3. The van der Waals surface area contributed by atoms with Gasteiger partial charge < -0.3 is 10.1 Å². The summed E-state index contributed by atoms with van der Waals surface area (Å²) >= 11 is 8.01. The lowest BCUT2D eigenvalue weighted by Crippen LogP contribution is -2.12. The van der Waals surface area contributed by atoms with Gasteiger partial charge in [-0.2, -0.15) is 11.8 Å². The summed E-state index contributed by atoms with van der Waals surface area (Å²) in [4.78, 5) is 0. The molecule has 1 aromatic rings. The summed E-state index contributed by atoms with van der Waals surface area (Å²) in [7, 11) is 1.94. The average Bonchev–Trinajstić information content (AvgIpc) is 2.35. The molecule has 0 bridgehead atoms. The molecule has 0 aromatic heterocycles. The second-order valence-electron chi connectivity index (χ2n) is 3.90. The van der Waals surface area contributed by atoms with Gasteiger partial charge in [-0.3, -0.25) is 0 Å². The van der Waals surface area contributed by atoms with Gasteiger partial charge in [0.25, 0.3) is 0 Å². The Morgan fingerprint density at radius 2 is 2.24 bits per heavy atom.